The van der Waals surface area contributed by atoms with Gasteiger partial charge in [0.15, 0.2) is 0 Å². The Hall–Kier alpha value is -4.25. The van der Waals surface area contributed by atoms with Gasteiger partial charge < -0.3 is 29.8 Å². The van der Waals surface area contributed by atoms with E-state index in [0.29, 0.717) is 48.9 Å². The number of aromatic nitrogens is 2. The molecule has 0 saturated carbocycles. The molecule has 1 fully saturated rings. The molecule has 5 rings (SSSR count). The quantitative estimate of drug-likeness (QED) is 0.271. The van der Waals surface area contributed by atoms with Crippen molar-refractivity contribution in [2.24, 2.45) is 0 Å². The van der Waals surface area contributed by atoms with Gasteiger partial charge in [-0.15, -0.1) is 0 Å². The predicted octanol–water partition coefficient (Wildman–Crippen LogP) is 6.58. The van der Waals surface area contributed by atoms with Crippen LogP contribution in [0.2, 0.25) is 0 Å². The molecule has 2 aromatic heterocycles. The zero-order valence-corrected chi connectivity index (χ0v) is 19.5. The second-order valence-corrected chi connectivity index (χ2v) is 8.39. The topological polar surface area (TPSA) is 97.5 Å². The normalized spacial score (nSPS) is 14.4. The van der Waals surface area contributed by atoms with Crippen molar-refractivity contribution in [3.8, 4) is 17.2 Å². The molecular formula is C26H23F3N4O4. The summed E-state index contributed by atoms with van der Waals surface area (Å²) in [5, 5.41) is 5.86. The SMILES string of the molecule is O=C(Nc1ccc(Oc2ccnc3[nH]ccc23)cc1)Nc1ccc(OC2CCOCC2)c(C(F)(F)F)c1. The molecule has 1 aliphatic rings. The van der Waals surface area contributed by atoms with Crippen molar-refractivity contribution in [3.63, 3.8) is 0 Å². The smallest absolute Gasteiger partial charge is 0.420 e. The number of halogens is 3. The number of benzene rings is 2. The van der Waals surface area contributed by atoms with E-state index in [1.54, 1.807) is 42.7 Å². The molecule has 3 heterocycles. The highest BCUT2D eigenvalue weighted by atomic mass is 19.4. The van der Waals surface area contributed by atoms with Gasteiger partial charge in [-0.2, -0.15) is 13.2 Å². The highest BCUT2D eigenvalue weighted by molar-refractivity contribution is 5.99. The molecule has 3 N–H and O–H groups in total. The number of hydrogen-bond acceptors (Lipinski definition) is 5. The lowest BCUT2D eigenvalue weighted by molar-refractivity contribution is -0.139. The number of amides is 2. The Bertz CT molecular complexity index is 1380. The van der Waals surface area contributed by atoms with Crippen LogP contribution in [0.4, 0.5) is 29.3 Å². The van der Waals surface area contributed by atoms with Crippen LogP contribution < -0.4 is 20.1 Å². The number of anilines is 2. The summed E-state index contributed by atoms with van der Waals surface area (Å²) in [5.74, 6) is 0.885. The van der Waals surface area contributed by atoms with E-state index in [4.69, 9.17) is 14.2 Å². The second kappa shape index (κ2) is 10.4. The number of carbonyl (C=O) groups is 1. The summed E-state index contributed by atoms with van der Waals surface area (Å²) in [4.78, 5) is 19.7. The number of fused-ring (bicyclic) bond motifs is 1. The summed E-state index contributed by atoms with van der Waals surface area (Å²) in [7, 11) is 0. The lowest BCUT2D eigenvalue weighted by atomic mass is 10.1. The van der Waals surface area contributed by atoms with Crippen LogP contribution in [-0.2, 0) is 10.9 Å². The van der Waals surface area contributed by atoms with E-state index in [0.717, 1.165) is 11.5 Å². The van der Waals surface area contributed by atoms with Crippen molar-refractivity contribution in [1.82, 2.24) is 9.97 Å². The maximum atomic E-state index is 13.7. The van der Waals surface area contributed by atoms with Gasteiger partial charge >= 0.3 is 12.2 Å². The molecule has 11 heteroatoms. The van der Waals surface area contributed by atoms with E-state index in [1.165, 1.54) is 12.1 Å². The zero-order valence-electron chi connectivity index (χ0n) is 19.5. The third kappa shape index (κ3) is 5.95. The number of hydrogen-bond donors (Lipinski definition) is 3. The molecule has 4 aromatic rings. The lowest BCUT2D eigenvalue weighted by Crippen LogP contribution is -2.27. The fourth-order valence-corrected chi connectivity index (χ4v) is 3.96. The van der Waals surface area contributed by atoms with Gasteiger partial charge in [0.05, 0.1) is 24.2 Å². The van der Waals surface area contributed by atoms with E-state index in [1.807, 2.05) is 6.07 Å². The first-order valence-corrected chi connectivity index (χ1v) is 11.6. The number of rotatable bonds is 6. The van der Waals surface area contributed by atoms with Crippen molar-refractivity contribution in [2.75, 3.05) is 23.8 Å². The van der Waals surface area contributed by atoms with Crippen molar-refractivity contribution in [2.45, 2.75) is 25.1 Å². The molecule has 192 valence electrons. The van der Waals surface area contributed by atoms with Gasteiger partial charge in [-0.25, -0.2) is 9.78 Å². The number of carbonyl (C=O) groups excluding carboxylic acids is 1. The molecule has 1 saturated heterocycles. The summed E-state index contributed by atoms with van der Waals surface area (Å²) in [6, 6.07) is 12.9. The second-order valence-electron chi connectivity index (χ2n) is 8.39. The van der Waals surface area contributed by atoms with Gasteiger partial charge in [-0.3, -0.25) is 0 Å². The number of ether oxygens (including phenoxy) is 3. The Morgan fingerprint density at radius 1 is 0.973 bits per heavy atom. The van der Waals surface area contributed by atoms with Crippen molar-refractivity contribution in [1.29, 1.82) is 0 Å². The van der Waals surface area contributed by atoms with Crippen LogP contribution in [0.3, 0.4) is 0 Å². The summed E-state index contributed by atoms with van der Waals surface area (Å²) >= 11 is 0. The van der Waals surface area contributed by atoms with Crippen LogP contribution in [0.15, 0.2) is 67.0 Å². The van der Waals surface area contributed by atoms with Crippen molar-refractivity contribution in [3.05, 3.63) is 72.6 Å². The number of urea groups is 1. The minimum Gasteiger partial charge on any atom is -0.490 e. The molecule has 0 bridgehead atoms. The fraction of sp³-hybridized carbons (Fsp3) is 0.231. The van der Waals surface area contributed by atoms with E-state index in [-0.39, 0.29) is 17.5 Å². The number of nitrogens with one attached hydrogen (secondary N) is 3. The first-order valence-electron chi connectivity index (χ1n) is 11.6. The van der Waals surface area contributed by atoms with Gasteiger partial charge in [-0.1, -0.05) is 0 Å². The first-order chi connectivity index (χ1) is 17.8. The monoisotopic (exact) mass is 512 g/mol. The first kappa shape index (κ1) is 24.4. The van der Waals surface area contributed by atoms with Crippen molar-refractivity contribution < 1.29 is 32.2 Å². The number of alkyl halides is 3. The van der Waals surface area contributed by atoms with Crippen LogP contribution >= 0.6 is 0 Å². The maximum Gasteiger partial charge on any atom is 0.420 e. The molecule has 0 aliphatic carbocycles. The molecule has 0 spiro atoms. The molecule has 0 radical (unpaired) electrons. The fourth-order valence-electron chi connectivity index (χ4n) is 3.96. The molecule has 0 unspecified atom stereocenters. The highest BCUT2D eigenvalue weighted by Gasteiger charge is 2.35. The molecular weight excluding hydrogens is 489 g/mol. The average molecular weight is 512 g/mol. The van der Waals surface area contributed by atoms with E-state index < -0.39 is 17.8 Å². The highest BCUT2D eigenvalue weighted by Crippen LogP contribution is 2.39. The molecule has 37 heavy (non-hydrogen) atoms. The largest absolute Gasteiger partial charge is 0.490 e. The minimum atomic E-state index is -4.65. The maximum absolute atomic E-state index is 13.7. The third-order valence-electron chi connectivity index (χ3n) is 5.76. The molecule has 0 atom stereocenters. The van der Waals surface area contributed by atoms with Crippen LogP contribution in [0.25, 0.3) is 11.0 Å². The molecule has 2 aromatic carbocycles. The number of nitrogens with zero attached hydrogens (tertiary/aromatic N) is 1. The number of pyridine rings is 1. The van der Waals surface area contributed by atoms with Gasteiger partial charge in [-0.05, 0) is 54.6 Å². The standard InChI is InChI=1S/C26H23F3N4O4/c27-26(28,29)21-15-17(3-6-23(21)37-19-9-13-35-14-10-19)33-25(34)32-16-1-4-18(5-2-16)36-22-8-12-31-24-20(22)7-11-30-24/h1-8,11-12,15,19H,9-10,13-14H2,(H,30,31)(H2,32,33,34). The van der Waals surface area contributed by atoms with Crippen LogP contribution in [0.1, 0.15) is 18.4 Å². The van der Waals surface area contributed by atoms with Gasteiger partial charge in [0.1, 0.15) is 29.0 Å². The average Bonchev–Trinajstić information content (AvgIpc) is 3.36. The Balaban J connectivity index is 1.23. The zero-order chi connectivity index (χ0) is 25.8. The van der Waals surface area contributed by atoms with Gasteiger partial charge in [0.2, 0.25) is 0 Å². The number of H-pyrrole nitrogens is 1. The lowest BCUT2D eigenvalue weighted by Gasteiger charge is -2.25. The van der Waals surface area contributed by atoms with E-state index in [9.17, 15) is 18.0 Å². The predicted molar refractivity (Wildman–Crippen MR) is 131 cm³/mol. The summed E-state index contributed by atoms with van der Waals surface area (Å²) in [6.45, 7) is 0.888. The molecule has 8 nitrogen and oxygen atoms in total. The minimum absolute atomic E-state index is 0.0164. The Kier molecular flexibility index (Phi) is 6.87. The summed E-state index contributed by atoms with van der Waals surface area (Å²) in [6.07, 6.45) is -0.573. The van der Waals surface area contributed by atoms with Gasteiger partial charge in [0.25, 0.3) is 0 Å². The van der Waals surface area contributed by atoms with E-state index >= 15 is 0 Å². The summed E-state index contributed by atoms with van der Waals surface area (Å²) < 4.78 is 57.8. The third-order valence-corrected chi connectivity index (χ3v) is 5.76. The Labute approximate surface area is 209 Å². The van der Waals surface area contributed by atoms with E-state index in [2.05, 4.69) is 20.6 Å². The van der Waals surface area contributed by atoms with Crippen LogP contribution in [-0.4, -0.2) is 35.3 Å². The molecule has 2 amide bonds. The van der Waals surface area contributed by atoms with Crippen LogP contribution in [0.5, 0.6) is 17.2 Å². The summed E-state index contributed by atoms with van der Waals surface area (Å²) in [5.41, 5.74) is 0.162. The van der Waals surface area contributed by atoms with Crippen LogP contribution in [0, 0.1) is 0 Å². The Morgan fingerprint density at radius 2 is 1.70 bits per heavy atom. The number of aromatic amines is 1. The van der Waals surface area contributed by atoms with Gasteiger partial charge in [0, 0.05) is 36.6 Å². The Morgan fingerprint density at radius 3 is 2.46 bits per heavy atom. The molecule has 1 aliphatic heterocycles. The van der Waals surface area contributed by atoms with Crippen molar-refractivity contribution >= 4 is 28.4 Å².